The number of amides is 2. The van der Waals surface area contributed by atoms with E-state index in [1.54, 1.807) is 19.0 Å². The average Bonchev–Trinajstić information content (AvgIpc) is 2.60. The number of aromatic nitrogens is 2. The van der Waals surface area contributed by atoms with Crippen LogP contribution in [0.15, 0.2) is 12.4 Å². The van der Waals surface area contributed by atoms with Gasteiger partial charge < -0.3 is 15.1 Å². The quantitative estimate of drug-likeness (QED) is 0.801. The number of nitrogens with one attached hydrogen (secondary N) is 1. The Bertz CT molecular complexity index is 491. The Morgan fingerprint density at radius 1 is 1.37 bits per heavy atom. The first-order chi connectivity index (χ1) is 9.11. The number of carbonyl (C=O) groups excluding carboxylic acids is 2. The third-order valence-electron chi connectivity index (χ3n) is 3.07. The highest BCUT2D eigenvalue weighted by Crippen LogP contribution is 2.08. The Morgan fingerprint density at radius 2 is 2.16 bits per heavy atom. The molecule has 1 aromatic heterocycles. The predicted octanol–water partition coefficient (Wildman–Crippen LogP) is -0.177. The van der Waals surface area contributed by atoms with Crippen molar-refractivity contribution in [2.45, 2.75) is 6.42 Å². The largest absolute Gasteiger partial charge is 0.372 e. The van der Waals surface area contributed by atoms with Crippen LogP contribution < -0.4 is 5.32 Å². The van der Waals surface area contributed by atoms with Gasteiger partial charge in [0.05, 0.1) is 12.4 Å². The van der Waals surface area contributed by atoms with Gasteiger partial charge in [0.1, 0.15) is 18.1 Å². The lowest BCUT2D eigenvalue weighted by molar-refractivity contribution is -0.129. The number of hydrogen-bond acceptors (Lipinski definition) is 5. The molecule has 1 aliphatic heterocycles. The van der Waals surface area contributed by atoms with Crippen LogP contribution in [0.2, 0.25) is 0 Å². The maximum atomic E-state index is 12.3. The smallest absolute Gasteiger partial charge is 0.274 e. The summed E-state index contributed by atoms with van der Waals surface area (Å²) in [6, 6.07) is 0. The van der Waals surface area contributed by atoms with E-state index in [4.69, 9.17) is 0 Å². The highest BCUT2D eigenvalue weighted by molar-refractivity contribution is 5.95. The maximum absolute atomic E-state index is 12.3. The van der Waals surface area contributed by atoms with E-state index < -0.39 is 0 Å². The highest BCUT2D eigenvalue weighted by Gasteiger charge is 2.24. The average molecular weight is 263 g/mol. The third-order valence-corrected chi connectivity index (χ3v) is 3.07. The standard InChI is InChI=1S/C12H17N5O2/c1-13-10-7-14-6-9(15-10)12(19)17-5-3-4-16(2)11(18)8-17/h6-7H,3-5,8H2,1-2H3,(H,13,15). The van der Waals surface area contributed by atoms with Crippen molar-refractivity contribution in [1.29, 1.82) is 0 Å². The van der Waals surface area contributed by atoms with Gasteiger partial charge in [0.2, 0.25) is 5.91 Å². The molecule has 1 fully saturated rings. The van der Waals surface area contributed by atoms with E-state index >= 15 is 0 Å². The van der Waals surface area contributed by atoms with E-state index in [-0.39, 0.29) is 24.1 Å². The van der Waals surface area contributed by atoms with Crippen molar-refractivity contribution < 1.29 is 9.59 Å². The number of hydrogen-bond donors (Lipinski definition) is 1. The molecule has 1 saturated heterocycles. The molecular formula is C12H17N5O2. The van der Waals surface area contributed by atoms with Crippen molar-refractivity contribution in [1.82, 2.24) is 19.8 Å². The third kappa shape index (κ3) is 2.98. The summed E-state index contributed by atoms with van der Waals surface area (Å²) in [4.78, 5) is 35.3. The zero-order valence-corrected chi connectivity index (χ0v) is 11.1. The number of nitrogens with zero attached hydrogens (tertiary/aromatic N) is 4. The summed E-state index contributed by atoms with van der Waals surface area (Å²) in [6.45, 7) is 1.33. The summed E-state index contributed by atoms with van der Waals surface area (Å²) in [5.41, 5.74) is 0.254. The molecule has 1 aromatic rings. The van der Waals surface area contributed by atoms with Gasteiger partial charge in [-0.3, -0.25) is 14.6 Å². The lowest BCUT2D eigenvalue weighted by Crippen LogP contribution is -2.38. The van der Waals surface area contributed by atoms with E-state index in [2.05, 4.69) is 15.3 Å². The zero-order chi connectivity index (χ0) is 13.8. The molecule has 0 bridgehead atoms. The molecule has 0 aromatic carbocycles. The summed E-state index contributed by atoms with van der Waals surface area (Å²) in [5, 5.41) is 2.83. The van der Waals surface area contributed by atoms with Gasteiger partial charge in [-0.05, 0) is 6.42 Å². The SMILES string of the molecule is CNc1cncc(C(=O)N2CCCN(C)C(=O)C2)n1. The molecular weight excluding hydrogens is 246 g/mol. The normalized spacial score (nSPS) is 16.2. The summed E-state index contributed by atoms with van der Waals surface area (Å²) < 4.78 is 0. The van der Waals surface area contributed by atoms with Crippen molar-refractivity contribution in [3.05, 3.63) is 18.1 Å². The summed E-state index contributed by atoms with van der Waals surface area (Å²) >= 11 is 0. The van der Waals surface area contributed by atoms with Gasteiger partial charge in [0, 0.05) is 27.2 Å². The Morgan fingerprint density at radius 3 is 2.89 bits per heavy atom. The van der Waals surface area contributed by atoms with Crippen molar-refractivity contribution in [3.8, 4) is 0 Å². The lowest BCUT2D eigenvalue weighted by atomic mass is 10.3. The molecule has 0 unspecified atom stereocenters. The Labute approximate surface area is 111 Å². The molecule has 2 rings (SSSR count). The Hall–Kier alpha value is -2.18. The van der Waals surface area contributed by atoms with Crippen LogP contribution in [0.25, 0.3) is 0 Å². The van der Waals surface area contributed by atoms with Gasteiger partial charge in [-0.1, -0.05) is 0 Å². The molecule has 19 heavy (non-hydrogen) atoms. The molecule has 0 radical (unpaired) electrons. The molecule has 0 spiro atoms. The molecule has 1 N–H and O–H groups in total. The fourth-order valence-corrected chi connectivity index (χ4v) is 1.91. The molecule has 2 heterocycles. The van der Waals surface area contributed by atoms with E-state index in [9.17, 15) is 9.59 Å². The zero-order valence-electron chi connectivity index (χ0n) is 11.1. The van der Waals surface area contributed by atoms with Gasteiger partial charge in [0.15, 0.2) is 0 Å². The van der Waals surface area contributed by atoms with Crippen LogP contribution >= 0.6 is 0 Å². The molecule has 1 aliphatic rings. The van der Waals surface area contributed by atoms with Crippen LogP contribution in [0.4, 0.5) is 5.82 Å². The second-order valence-electron chi connectivity index (χ2n) is 4.44. The van der Waals surface area contributed by atoms with Crippen LogP contribution in [-0.2, 0) is 4.79 Å². The van der Waals surface area contributed by atoms with Crippen molar-refractivity contribution in [2.75, 3.05) is 39.0 Å². The number of anilines is 1. The topological polar surface area (TPSA) is 78.4 Å². The second kappa shape index (κ2) is 5.64. The predicted molar refractivity (Wildman–Crippen MR) is 69.7 cm³/mol. The molecule has 7 nitrogen and oxygen atoms in total. The van der Waals surface area contributed by atoms with Crippen molar-refractivity contribution in [3.63, 3.8) is 0 Å². The van der Waals surface area contributed by atoms with Gasteiger partial charge >= 0.3 is 0 Å². The second-order valence-corrected chi connectivity index (χ2v) is 4.44. The van der Waals surface area contributed by atoms with E-state index in [0.717, 1.165) is 6.42 Å². The first-order valence-corrected chi connectivity index (χ1v) is 6.15. The fourth-order valence-electron chi connectivity index (χ4n) is 1.91. The van der Waals surface area contributed by atoms with Crippen LogP contribution in [0.3, 0.4) is 0 Å². The van der Waals surface area contributed by atoms with Gasteiger partial charge in [-0.2, -0.15) is 0 Å². The summed E-state index contributed by atoms with van der Waals surface area (Å²) in [6.07, 6.45) is 3.73. The summed E-state index contributed by atoms with van der Waals surface area (Å²) in [7, 11) is 3.46. The minimum atomic E-state index is -0.256. The Balaban J connectivity index is 2.16. The van der Waals surface area contributed by atoms with Gasteiger partial charge in [-0.15, -0.1) is 0 Å². The minimum Gasteiger partial charge on any atom is -0.372 e. The van der Waals surface area contributed by atoms with Crippen molar-refractivity contribution >= 4 is 17.6 Å². The van der Waals surface area contributed by atoms with E-state index in [1.165, 1.54) is 17.3 Å². The van der Waals surface area contributed by atoms with Gasteiger partial charge in [-0.25, -0.2) is 4.98 Å². The van der Waals surface area contributed by atoms with Crippen LogP contribution in [0, 0.1) is 0 Å². The Kier molecular flexibility index (Phi) is 3.94. The van der Waals surface area contributed by atoms with Gasteiger partial charge in [0.25, 0.3) is 5.91 Å². The van der Waals surface area contributed by atoms with Crippen LogP contribution in [0.5, 0.6) is 0 Å². The maximum Gasteiger partial charge on any atom is 0.274 e. The molecule has 102 valence electrons. The summed E-state index contributed by atoms with van der Waals surface area (Å²) in [5.74, 6) is 0.223. The molecule has 7 heteroatoms. The first kappa shape index (κ1) is 13.3. The van der Waals surface area contributed by atoms with Crippen molar-refractivity contribution in [2.24, 2.45) is 0 Å². The highest BCUT2D eigenvalue weighted by atomic mass is 16.2. The number of rotatable bonds is 2. The minimum absolute atomic E-state index is 0.0522. The fraction of sp³-hybridized carbons (Fsp3) is 0.500. The number of likely N-dealkylation sites (N-methyl/N-ethyl adjacent to an activating group) is 1. The van der Waals surface area contributed by atoms with E-state index in [1.807, 2.05) is 0 Å². The number of carbonyl (C=O) groups is 2. The lowest BCUT2D eigenvalue weighted by Gasteiger charge is -2.19. The van der Waals surface area contributed by atoms with Crippen LogP contribution in [0.1, 0.15) is 16.9 Å². The van der Waals surface area contributed by atoms with E-state index in [0.29, 0.717) is 18.9 Å². The molecule has 2 amide bonds. The monoisotopic (exact) mass is 263 g/mol. The van der Waals surface area contributed by atoms with Crippen LogP contribution in [-0.4, -0.2) is 65.3 Å². The first-order valence-electron chi connectivity index (χ1n) is 6.15. The molecule has 0 saturated carbocycles. The molecule has 0 aliphatic carbocycles. The molecule has 0 atom stereocenters.